The van der Waals surface area contributed by atoms with Crippen LogP contribution < -0.4 is 11.1 Å². The zero-order chi connectivity index (χ0) is 17.3. The van der Waals surface area contributed by atoms with Crippen LogP contribution in [-0.2, 0) is 17.9 Å². The lowest BCUT2D eigenvalue weighted by molar-refractivity contribution is -0.141. The first-order valence-corrected chi connectivity index (χ1v) is 8.43. The molecule has 2 bridgehead atoms. The van der Waals surface area contributed by atoms with E-state index >= 15 is 0 Å². The number of hydrogen-bond acceptors (Lipinski definition) is 3. The molecular weight excluding hydrogens is 392 g/mol. The van der Waals surface area contributed by atoms with Gasteiger partial charge in [0.25, 0.3) is 0 Å². The van der Waals surface area contributed by atoms with E-state index in [9.17, 15) is 18.0 Å². The van der Waals surface area contributed by atoms with Gasteiger partial charge >= 0.3 is 6.18 Å². The number of nitrogens with zero attached hydrogens (tertiary/aromatic N) is 2. The molecule has 0 spiro atoms. The fraction of sp³-hybridized carbons (Fsp3) is 0.750. The van der Waals surface area contributed by atoms with Crippen molar-refractivity contribution < 1.29 is 18.0 Å². The van der Waals surface area contributed by atoms with Crippen molar-refractivity contribution in [2.24, 2.45) is 23.5 Å². The molecule has 0 aliphatic heterocycles. The normalized spacial score (nSPS) is 27.8. The van der Waals surface area contributed by atoms with Gasteiger partial charge in [0.1, 0.15) is 12.4 Å². The summed E-state index contributed by atoms with van der Waals surface area (Å²) in [4.78, 5) is 16.3. The lowest BCUT2D eigenvalue weighted by Crippen LogP contribution is -2.49. The number of halogens is 5. The second-order valence-electron chi connectivity index (χ2n) is 7.00. The maximum Gasteiger partial charge on any atom is 0.406 e. The molecule has 10 heteroatoms. The lowest BCUT2D eigenvalue weighted by Gasteiger charge is -2.43. The van der Waals surface area contributed by atoms with E-state index in [1.165, 1.54) is 18.8 Å². The number of aromatic nitrogens is 2. The molecule has 3 rings (SSSR count). The molecule has 2 unspecified atom stereocenters. The molecule has 2 aliphatic carbocycles. The van der Waals surface area contributed by atoms with Gasteiger partial charge in [-0.15, -0.1) is 24.8 Å². The van der Waals surface area contributed by atoms with Crippen molar-refractivity contribution in [3.05, 3.63) is 18.2 Å². The second kappa shape index (κ2) is 9.28. The number of hydrogen-bond donors (Lipinski definition) is 2. The van der Waals surface area contributed by atoms with Crippen molar-refractivity contribution in [2.45, 2.75) is 57.4 Å². The summed E-state index contributed by atoms with van der Waals surface area (Å²) in [5.41, 5.74) is 6.22. The highest BCUT2D eigenvalue weighted by molar-refractivity contribution is 5.85. The highest BCUT2D eigenvalue weighted by atomic mass is 35.5. The summed E-state index contributed by atoms with van der Waals surface area (Å²) in [6.45, 7) is -1.08. The smallest absolute Gasteiger partial charge is 0.349 e. The van der Waals surface area contributed by atoms with E-state index in [0.717, 1.165) is 30.3 Å². The van der Waals surface area contributed by atoms with Gasteiger partial charge in [-0.25, -0.2) is 4.98 Å². The number of fused-ring (bicyclic) bond motifs is 2. The van der Waals surface area contributed by atoms with E-state index in [4.69, 9.17) is 5.73 Å². The summed E-state index contributed by atoms with van der Waals surface area (Å²) < 4.78 is 38.5. The number of nitrogens with two attached hydrogens (primary N) is 1. The third kappa shape index (κ3) is 5.50. The number of amides is 1. The van der Waals surface area contributed by atoms with Gasteiger partial charge in [-0.1, -0.05) is 6.42 Å². The predicted octanol–water partition coefficient (Wildman–Crippen LogP) is 3.06. The van der Waals surface area contributed by atoms with Crippen molar-refractivity contribution >= 4 is 30.7 Å². The van der Waals surface area contributed by atoms with E-state index in [0.29, 0.717) is 11.8 Å². The SMILES string of the molecule is Cl.Cl.NC1C2CCCC1CC(C(=O)NCc1nccn1CC(F)(F)F)C2. The standard InChI is InChI=1S/C16H23F3N4O.2ClH/c17-16(18,19)9-23-5-4-21-13(23)8-22-15(24)12-6-10-2-1-3-11(7-12)14(10)20;;/h4-5,10-12,14H,1-3,6-9,20H2,(H,22,24);2*1H. The van der Waals surface area contributed by atoms with Gasteiger partial charge in [0.15, 0.2) is 0 Å². The molecule has 2 saturated carbocycles. The molecular formula is C16H25Cl2F3N4O. The molecule has 1 amide bonds. The van der Waals surface area contributed by atoms with Crippen molar-refractivity contribution in [3.8, 4) is 0 Å². The van der Waals surface area contributed by atoms with E-state index < -0.39 is 12.7 Å². The number of alkyl halides is 3. The van der Waals surface area contributed by atoms with E-state index in [-0.39, 0.29) is 55.1 Å². The van der Waals surface area contributed by atoms with Gasteiger partial charge in [0, 0.05) is 24.4 Å². The van der Waals surface area contributed by atoms with Crippen LogP contribution in [0.1, 0.15) is 37.9 Å². The first kappa shape index (κ1) is 23.0. The molecule has 1 heterocycles. The predicted molar refractivity (Wildman–Crippen MR) is 96.2 cm³/mol. The Hall–Kier alpha value is -0.990. The Morgan fingerprint density at radius 3 is 2.46 bits per heavy atom. The third-order valence-electron chi connectivity index (χ3n) is 5.36. The topological polar surface area (TPSA) is 72.9 Å². The van der Waals surface area contributed by atoms with Crippen LogP contribution in [0, 0.1) is 17.8 Å². The van der Waals surface area contributed by atoms with Crippen molar-refractivity contribution in [1.29, 1.82) is 0 Å². The van der Waals surface area contributed by atoms with Crippen molar-refractivity contribution in [3.63, 3.8) is 0 Å². The molecule has 0 aromatic carbocycles. The van der Waals surface area contributed by atoms with Gasteiger partial charge < -0.3 is 15.6 Å². The molecule has 150 valence electrons. The lowest BCUT2D eigenvalue weighted by atomic mass is 9.65. The summed E-state index contributed by atoms with van der Waals surface area (Å²) >= 11 is 0. The Labute approximate surface area is 163 Å². The molecule has 2 atom stereocenters. The molecule has 2 aliphatic rings. The average molecular weight is 417 g/mol. The van der Waals surface area contributed by atoms with Gasteiger partial charge in [-0.2, -0.15) is 13.2 Å². The summed E-state index contributed by atoms with van der Waals surface area (Å²) in [7, 11) is 0. The summed E-state index contributed by atoms with van der Waals surface area (Å²) in [5, 5.41) is 2.75. The summed E-state index contributed by atoms with van der Waals surface area (Å²) in [6, 6.07) is 0.188. The number of rotatable bonds is 4. The Kier molecular flexibility index (Phi) is 8.23. The third-order valence-corrected chi connectivity index (χ3v) is 5.36. The fourth-order valence-electron chi connectivity index (χ4n) is 4.16. The van der Waals surface area contributed by atoms with E-state index in [1.54, 1.807) is 0 Å². The Bertz CT molecular complexity index is 582. The summed E-state index contributed by atoms with van der Waals surface area (Å²) in [6.07, 6.45) is 3.15. The molecule has 2 fully saturated rings. The fourth-order valence-corrected chi connectivity index (χ4v) is 4.16. The van der Waals surface area contributed by atoms with Crippen LogP contribution in [0.2, 0.25) is 0 Å². The van der Waals surface area contributed by atoms with Crippen LogP contribution in [0.15, 0.2) is 12.4 Å². The van der Waals surface area contributed by atoms with Crippen LogP contribution in [0.25, 0.3) is 0 Å². The van der Waals surface area contributed by atoms with Gasteiger partial charge in [-0.05, 0) is 37.5 Å². The minimum Gasteiger partial charge on any atom is -0.349 e. The second-order valence-corrected chi connectivity index (χ2v) is 7.00. The van der Waals surface area contributed by atoms with Crippen molar-refractivity contribution in [2.75, 3.05) is 0 Å². The molecule has 5 nitrogen and oxygen atoms in total. The molecule has 26 heavy (non-hydrogen) atoms. The Balaban J connectivity index is 0.00000169. The first-order valence-electron chi connectivity index (χ1n) is 8.43. The highest BCUT2D eigenvalue weighted by Crippen LogP contribution is 2.41. The average Bonchev–Trinajstić information content (AvgIpc) is 2.89. The monoisotopic (exact) mass is 416 g/mol. The quantitative estimate of drug-likeness (QED) is 0.791. The molecule has 0 saturated heterocycles. The van der Waals surface area contributed by atoms with Gasteiger partial charge in [-0.3, -0.25) is 4.79 Å². The molecule has 0 radical (unpaired) electrons. The van der Waals surface area contributed by atoms with E-state index in [2.05, 4.69) is 10.3 Å². The van der Waals surface area contributed by atoms with Crippen LogP contribution in [0.5, 0.6) is 0 Å². The maximum absolute atomic E-state index is 12.5. The Morgan fingerprint density at radius 2 is 1.88 bits per heavy atom. The van der Waals surface area contributed by atoms with Crippen LogP contribution >= 0.6 is 24.8 Å². The first-order chi connectivity index (χ1) is 11.3. The zero-order valence-electron chi connectivity index (χ0n) is 14.2. The summed E-state index contributed by atoms with van der Waals surface area (Å²) in [5.74, 6) is 0.806. The number of carbonyl (C=O) groups is 1. The van der Waals surface area contributed by atoms with Gasteiger partial charge in [0.2, 0.25) is 5.91 Å². The molecule has 1 aromatic rings. The van der Waals surface area contributed by atoms with Crippen LogP contribution in [-0.4, -0.2) is 27.7 Å². The molecule has 3 N–H and O–H groups in total. The minimum absolute atomic E-state index is 0. The Morgan fingerprint density at radius 1 is 1.27 bits per heavy atom. The number of imidazole rings is 1. The molecule has 1 aromatic heterocycles. The maximum atomic E-state index is 12.5. The minimum atomic E-state index is -4.31. The van der Waals surface area contributed by atoms with Crippen molar-refractivity contribution in [1.82, 2.24) is 14.9 Å². The largest absolute Gasteiger partial charge is 0.406 e. The van der Waals surface area contributed by atoms with Crippen LogP contribution in [0.4, 0.5) is 13.2 Å². The highest BCUT2D eigenvalue weighted by Gasteiger charge is 2.40. The van der Waals surface area contributed by atoms with E-state index in [1.807, 2.05) is 0 Å². The number of nitrogens with one attached hydrogen (secondary N) is 1. The van der Waals surface area contributed by atoms with Gasteiger partial charge in [0.05, 0.1) is 6.54 Å². The number of carbonyl (C=O) groups excluding carboxylic acids is 1. The zero-order valence-corrected chi connectivity index (χ0v) is 15.9. The van der Waals surface area contributed by atoms with Crippen LogP contribution in [0.3, 0.4) is 0 Å².